The molecule has 11 heteroatoms. The highest BCUT2D eigenvalue weighted by atomic mass is 32.1. The Morgan fingerprint density at radius 3 is 2.38 bits per heavy atom. The number of thiazole rings is 1. The van der Waals surface area contributed by atoms with Gasteiger partial charge in [0.15, 0.2) is 22.9 Å². The Bertz CT molecular complexity index is 1930. The molecule has 3 aromatic carbocycles. The van der Waals surface area contributed by atoms with Crippen molar-refractivity contribution in [3.8, 4) is 17.2 Å². The van der Waals surface area contributed by atoms with E-state index < -0.39 is 18.0 Å². The van der Waals surface area contributed by atoms with E-state index >= 15 is 0 Å². The Balaban J connectivity index is 1.71. The number of benzene rings is 3. The van der Waals surface area contributed by atoms with Gasteiger partial charge in [0.2, 0.25) is 0 Å². The molecule has 4 aromatic rings. The Kier molecular flexibility index (Phi) is 9.79. The molecule has 0 bridgehead atoms. The van der Waals surface area contributed by atoms with E-state index in [0.29, 0.717) is 49.0 Å². The standard InChI is InChI=1S/C34H32N2O8S/c1-5-42-28(37)20-44-24-14-10-11-21(17-24)18-27-32(38)36-31(23-15-16-25(40-3)26(19-23)41-4)29(33(39)43-6-2)30(35-34(36)45-27)22-12-8-7-9-13-22/h7-19,31H,5-6,20H2,1-4H3/b27-18-/t31-/m1/s1. The summed E-state index contributed by atoms with van der Waals surface area (Å²) in [5.41, 5.74) is 2.29. The molecule has 0 N–H and O–H groups in total. The molecule has 1 atom stereocenters. The third-order valence-corrected chi connectivity index (χ3v) is 7.90. The van der Waals surface area contributed by atoms with Crippen molar-refractivity contribution in [2.45, 2.75) is 19.9 Å². The molecule has 1 aliphatic heterocycles. The molecular weight excluding hydrogens is 596 g/mol. The molecule has 5 rings (SSSR count). The van der Waals surface area contributed by atoms with Gasteiger partial charge >= 0.3 is 11.9 Å². The zero-order chi connectivity index (χ0) is 31.9. The molecule has 0 saturated heterocycles. The Hall–Kier alpha value is -5.16. The molecule has 2 heterocycles. The fraction of sp³-hybridized carbons (Fsp3) is 0.235. The number of nitrogens with zero attached hydrogens (tertiary/aromatic N) is 2. The van der Waals surface area contributed by atoms with Crippen LogP contribution < -0.4 is 29.1 Å². The first-order valence-electron chi connectivity index (χ1n) is 14.3. The Labute approximate surface area is 263 Å². The van der Waals surface area contributed by atoms with Gasteiger partial charge in [0.25, 0.3) is 5.56 Å². The van der Waals surface area contributed by atoms with E-state index in [-0.39, 0.29) is 31.0 Å². The molecule has 10 nitrogen and oxygen atoms in total. The summed E-state index contributed by atoms with van der Waals surface area (Å²) < 4.78 is 29.0. The monoisotopic (exact) mass is 628 g/mol. The number of esters is 2. The molecule has 0 amide bonds. The summed E-state index contributed by atoms with van der Waals surface area (Å²) in [5.74, 6) is 0.337. The minimum Gasteiger partial charge on any atom is -0.493 e. The summed E-state index contributed by atoms with van der Waals surface area (Å²) in [6.45, 7) is 3.62. The lowest BCUT2D eigenvalue weighted by molar-refractivity contribution is -0.145. The largest absolute Gasteiger partial charge is 0.493 e. The second kappa shape index (κ2) is 14.1. The van der Waals surface area contributed by atoms with Gasteiger partial charge in [0.1, 0.15) is 5.75 Å². The highest BCUT2D eigenvalue weighted by Crippen LogP contribution is 2.38. The predicted molar refractivity (Wildman–Crippen MR) is 169 cm³/mol. The molecule has 232 valence electrons. The van der Waals surface area contributed by atoms with Gasteiger partial charge < -0.3 is 23.7 Å². The van der Waals surface area contributed by atoms with Gasteiger partial charge in [-0.25, -0.2) is 14.6 Å². The van der Waals surface area contributed by atoms with Crippen LogP contribution in [0, 0.1) is 0 Å². The number of hydrogen-bond acceptors (Lipinski definition) is 10. The van der Waals surface area contributed by atoms with E-state index in [1.807, 2.05) is 36.4 Å². The fourth-order valence-corrected chi connectivity index (χ4v) is 5.97. The average molecular weight is 629 g/mol. The van der Waals surface area contributed by atoms with Crippen LogP contribution in [0.2, 0.25) is 0 Å². The lowest BCUT2D eigenvalue weighted by atomic mass is 9.93. The SMILES string of the molecule is CCOC(=O)COc1cccc(/C=c2\sc3n(c2=O)[C@H](c2ccc(OC)c(OC)c2)C(C(=O)OCC)=C(c2ccccc2)N=3)c1. The summed E-state index contributed by atoms with van der Waals surface area (Å²) in [4.78, 5) is 44.9. The van der Waals surface area contributed by atoms with Crippen molar-refractivity contribution in [2.24, 2.45) is 4.99 Å². The molecule has 45 heavy (non-hydrogen) atoms. The maximum Gasteiger partial charge on any atom is 0.344 e. The van der Waals surface area contributed by atoms with Crippen LogP contribution in [0.25, 0.3) is 11.8 Å². The number of methoxy groups -OCH3 is 2. The Morgan fingerprint density at radius 1 is 0.911 bits per heavy atom. The minimum absolute atomic E-state index is 0.141. The molecule has 0 radical (unpaired) electrons. The van der Waals surface area contributed by atoms with Gasteiger partial charge in [-0.05, 0) is 55.3 Å². The van der Waals surface area contributed by atoms with E-state index in [2.05, 4.69) is 0 Å². The molecule has 1 aromatic heterocycles. The third kappa shape index (κ3) is 6.68. The van der Waals surface area contributed by atoms with Gasteiger partial charge in [-0.15, -0.1) is 0 Å². The van der Waals surface area contributed by atoms with Crippen molar-refractivity contribution < 1.29 is 33.3 Å². The number of hydrogen-bond donors (Lipinski definition) is 0. The highest BCUT2D eigenvalue weighted by Gasteiger charge is 2.35. The van der Waals surface area contributed by atoms with Crippen LogP contribution >= 0.6 is 11.3 Å². The molecular formula is C34H32N2O8S. The van der Waals surface area contributed by atoms with Crippen LogP contribution in [0.5, 0.6) is 17.2 Å². The van der Waals surface area contributed by atoms with Crippen LogP contribution in [-0.2, 0) is 19.1 Å². The maximum atomic E-state index is 14.2. The first-order valence-corrected chi connectivity index (χ1v) is 15.1. The fourth-order valence-electron chi connectivity index (χ4n) is 4.97. The predicted octanol–water partition coefficient (Wildman–Crippen LogP) is 3.89. The average Bonchev–Trinajstić information content (AvgIpc) is 3.37. The quantitative estimate of drug-likeness (QED) is 0.230. The number of fused-ring (bicyclic) bond motifs is 1. The number of ether oxygens (including phenoxy) is 5. The third-order valence-electron chi connectivity index (χ3n) is 6.91. The summed E-state index contributed by atoms with van der Waals surface area (Å²) in [6, 6.07) is 20.7. The van der Waals surface area contributed by atoms with Crippen LogP contribution in [-0.4, -0.2) is 50.5 Å². The van der Waals surface area contributed by atoms with Gasteiger partial charge in [0.05, 0.1) is 49.3 Å². The van der Waals surface area contributed by atoms with Gasteiger partial charge in [-0.2, -0.15) is 0 Å². The van der Waals surface area contributed by atoms with Crippen molar-refractivity contribution in [2.75, 3.05) is 34.0 Å². The summed E-state index contributed by atoms with van der Waals surface area (Å²) >= 11 is 1.20. The van der Waals surface area contributed by atoms with E-state index in [1.165, 1.54) is 30.1 Å². The van der Waals surface area contributed by atoms with E-state index in [4.69, 9.17) is 28.7 Å². The number of aromatic nitrogens is 1. The van der Waals surface area contributed by atoms with Gasteiger partial charge in [-0.3, -0.25) is 9.36 Å². The summed E-state index contributed by atoms with van der Waals surface area (Å²) in [7, 11) is 3.06. The maximum absolute atomic E-state index is 14.2. The van der Waals surface area contributed by atoms with Crippen molar-refractivity contribution in [3.63, 3.8) is 0 Å². The van der Waals surface area contributed by atoms with Crippen LogP contribution in [0.1, 0.15) is 36.6 Å². The van der Waals surface area contributed by atoms with Crippen molar-refractivity contribution in [1.82, 2.24) is 4.57 Å². The molecule has 0 saturated carbocycles. The zero-order valence-electron chi connectivity index (χ0n) is 25.3. The van der Waals surface area contributed by atoms with E-state index in [1.54, 1.807) is 56.3 Å². The topological polar surface area (TPSA) is 115 Å². The number of carbonyl (C=O) groups is 2. The van der Waals surface area contributed by atoms with E-state index in [0.717, 1.165) is 0 Å². The minimum atomic E-state index is -0.878. The number of rotatable bonds is 11. The first-order chi connectivity index (χ1) is 21.9. The van der Waals surface area contributed by atoms with Crippen molar-refractivity contribution in [1.29, 1.82) is 0 Å². The lowest BCUT2D eigenvalue weighted by Gasteiger charge is -2.26. The van der Waals surface area contributed by atoms with E-state index in [9.17, 15) is 14.4 Å². The van der Waals surface area contributed by atoms with Crippen molar-refractivity contribution >= 4 is 35.0 Å². The zero-order valence-corrected chi connectivity index (χ0v) is 26.1. The molecule has 0 aliphatic carbocycles. The second-order valence-corrected chi connectivity index (χ2v) is 10.7. The lowest BCUT2D eigenvalue weighted by Crippen LogP contribution is -2.40. The van der Waals surface area contributed by atoms with Crippen LogP contribution in [0.15, 0.2) is 88.2 Å². The Morgan fingerprint density at radius 2 is 1.67 bits per heavy atom. The number of carbonyl (C=O) groups excluding carboxylic acids is 2. The molecule has 0 fully saturated rings. The second-order valence-electron chi connectivity index (χ2n) is 9.71. The molecule has 0 spiro atoms. The van der Waals surface area contributed by atoms with Gasteiger partial charge in [-0.1, -0.05) is 59.9 Å². The molecule has 1 aliphatic rings. The van der Waals surface area contributed by atoms with Crippen LogP contribution in [0.4, 0.5) is 0 Å². The summed E-state index contributed by atoms with van der Waals surface area (Å²) in [5, 5.41) is 0. The molecule has 0 unspecified atom stereocenters. The normalized spacial score (nSPS) is 14.3. The first kappa shape index (κ1) is 31.3. The summed E-state index contributed by atoms with van der Waals surface area (Å²) in [6.07, 6.45) is 1.73. The van der Waals surface area contributed by atoms with Crippen molar-refractivity contribution in [3.05, 3.63) is 115 Å². The smallest absolute Gasteiger partial charge is 0.344 e. The van der Waals surface area contributed by atoms with Gasteiger partial charge in [0, 0.05) is 5.56 Å². The van der Waals surface area contributed by atoms with Crippen LogP contribution in [0.3, 0.4) is 0 Å². The highest BCUT2D eigenvalue weighted by molar-refractivity contribution is 7.07.